The zero-order valence-corrected chi connectivity index (χ0v) is 97.7. The molecule has 5 aromatic rings. The van der Waals surface area contributed by atoms with E-state index in [-0.39, 0.29) is 50.9 Å². The van der Waals surface area contributed by atoms with Crippen molar-refractivity contribution < 1.29 is 105 Å². The molecule has 6 amide bonds. The van der Waals surface area contributed by atoms with Crippen LogP contribution in [0.4, 0.5) is 34.5 Å². The summed E-state index contributed by atoms with van der Waals surface area (Å²) < 4.78 is 83.1. The number of nitrogens with one attached hydrogen (secondary N) is 1. The van der Waals surface area contributed by atoms with Crippen molar-refractivity contribution in [3.8, 4) is 0 Å². The highest BCUT2D eigenvalue weighted by atomic mass is 79.9. The van der Waals surface area contributed by atoms with E-state index in [2.05, 4.69) is 97.4 Å². The number of hydrogen-bond acceptors (Lipinski definition) is 39. The number of halogens is 3. The first-order valence-corrected chi connectivity index (χ1v) is 58.5. The summed E-state index contributed by atoms with van der Waals surface area (Å²) in [6, 6.07) is 10.2. The number of fused-ring (bicyclic) bond motifs is 6. The van der Waals surface area contributed by atoms with Crippen LogP contribution in [0.3, 0.4) is 0 Å². The number of thioether (sulfide) groups is 4. The Labute approximate surface area is 905 Å². The molecule has 18 rings (SSSR count). The summed E-state index contributed by atoms with van der Waals surface area (Å²) in [4.78, 5) is 120. The fourth-order valence-corrected chi connectivity index (χ4v) is 29.3. The lowest BCUT2D eigenvalue weighted by atomic mass is 9.77. The molecule has 13 aliphatic rings. The van der Waals surface area contributed by atoms with Gasteiger partial charge in [0.1, 0.15) is 67.9 Å². The number of oxime groups is 1. The lowest BCUT2D eigenvalue weighted by Gasteiger charge is -2.44. The summed E-state index contributed by atoms with van der Waals surface area (Å²) in [5, 5.41) is 18.9. The number of rotatable bonds is 7. The van der Waals surface area contributed by atoms with Gasteiger partial charge in [0, 0.05) is 168 Å². The summed E-state index contributed by atoms with van der Waals surface area (Å²) in [7, 11) is -0.499. The largest absolute Gasteiger partial charge is 0.495 e. The smallest absolute Gasteiger partial charge is 0.443 e. The molecule has 144 heavy (non-hydrogen) atoms. The Hall–Kier alpha value is -5.52. The molecule has 792 valence electrons. The maximum atomic E-state index is 13.3. The quantitative estimate of drug-likeness (QED) is 0.0502. The Morgan fingerprint density at radius 2 is 0.771 bits per heavy atom. The fraction of sp³-hybridized carbons (Fsp3) is 0.677. The minimum absolute atomic E-state index is 0.102. The number of thiophene rings is 5. The van der Waals surface area contributed by atoms with Crippen molar-refractivity contribution in [3.63, 3.8) is 0 Å². The van der Waals surface area contributed by atoms with Crippen molar-refractivity contribution in [2.24, 2.45) is 71.5 Å². The van der Waals surface area contributed by atoms with Crippen molar-refractivity contribution in [2.45, 2.75) is 263 Å². The van der Waals surface area contributed by atoms with Gasteiger partial charge in [-0.2, -0.15) is 20.2 Å². The van der Waals surface area contributed by atoms with E-state index in [9.17, 15) is 28.8 Å². The summed E-state index contributed by atoms with van der Waals surface area (Å²) in [6.45, 7) is 48.6. The van der Waals surface area contributed by atoms with E-state index < -0.39 is 105 Å². The van der Waals surface area contributed by atoms with E-state index in [0.29, 0.717) is 98.7 Å². The number of aliphatic imine (C=N–C) groups is 4. The van der Waals surface area contributed by atoms with Gasteiger partial charge in [-0.15, -0.1) is 56.7 Å². The number of ether oxygens (including phenoxy) is 12. The molecular weight excluding hydrogens is 2230 g/mol. The van der Waals surface area contributed by atoms with Crippen molar-refractivity contribution in [2.75, 3.05) is 116 Å². The number of azide groups is 1. The topological polar surface area (TPSA) is 408 Å². The Balaban J connectivity index is 0.000000152. The molecule has 35 nitrogen and oxygen atoms in total. The zero-order valence-electron chi connectivity index (χ0n) is 85.6. The van der Waals surface area contributed by atoms with Crippen LogP contribution in [0.2, 0.25) is 0 Å². The molecule has 0 radical (unpaired) electrons. The van der Waals surface area contributed by atoms with Gasteiger partial charge < -0.3 is 81.6 Å². The second-order valence-corrected chi connectivity index (χ2v) is 54.8. The van der Waals surface area contributed by atoms with Gasteiger partial charge >= 0.3 is 43.7 Å². The molecule has 8 saturated heterocycles. The standard InChI is InChI=1S/C27H41BN2O7S2.C21H29BrN2O5S2.C21H29N5O5S2.C11H13BrN2OS2.C10H12BrNO2S.C6H9NO2/c1-23(2,3)34-21(31)30(22(32)35-24(4,5)6)20-29-27(16-33-12-11-17(27)14-39-20)19-13-18(15-38-19)28-36-25(7,8)26(9,10)37-28;1-19(2,3)28-17(25)24(18(26)29-20(4,5)6)16-23-21(15-9-14(22)11-30-15)12-27-8-7-13(21)10-31-16;1-19(2,3)30-17(27)26(18(28)31-20(4,5)6)16-23-21(12-29-8-7-13(21)10-33-16)15-9-14(11-32-15)24-25-22;12-8-3-9(16-5-8)11-6-15-2-1-7(11)4-17-10(13)14-11;11-8-3-9(15-5-8)10-6-13-2-1-7(10)4-14-12-10;1-2-8-4-6-5(1)3-9-7-6/h13,15,17H,11-12,14,16H2,1-10H3;9,11,13H,7-8,10,12H2,1-6H3;9,11,13H,7-8,10,12H2,1-6H3;3,5,7H,1-2,4,6H2,(H2,13,14);3,5,7,12H,1-2,4,6H2;5H,1-4H2/t17-,27-;2*13-,21-;7-,11-;7-,10-;5-/m000000/s1. The van der Waals surface area contributed by atoms with Gasteiger partial charge in [-0.25, -0.2) is 48.7 Å². The predicted molar refractivity (Wildman–Crippen MR) is 580 cm³/mol. The molecule has 8 fully saturated rings. The normalized spacial score (nSPS) is 27.3. The molecule has 5 aromatic heterocycles. The van der Waals surface area contributed by atoms with Gasteiger partial charge in [0.15, 0.2) is 20.7 Å². The minimum atomic E-state index is -0.853. The third kappa shape index (κ3) is 28.7. The first-order valence-electron chi connectivity index (χ1n) is 47.8. The van der Waals surface area contributed by atoms with Crippen molar-refractivity contribution >= 4 is 233 Å². The van der Waals surface area contributed by atoms with Crippen LogP contribution >= 0.6 is 152 Å². The third-order valence-electron chi connectivity index (χ3n) is 25.0. The molecule has 0 aromatic carbocycles. The highest BCUT2D eigenvalue weighted by Gasteiger charge is 2.58. The van der Waals surface area contributed by atoms with Crippen LogP contribution in [0, 0.1) is 35.5 Å². The first-order chi connectivity index (χ1) is 67.5. The van der Waals surface area contributed by atoms with Crippen LogP contribution in [-0.2, 0) is 104 Å². The van der Waals surface area contributed by atoms with Gasteiger partial charge in [0.05, 0.1) is 63.2 Å². The zero-order chi connectivity index (χ0) is 105. The molecule has 0 saturated carbocycles. The monoisotopic (exact) mass is 2360 g/mol. The molecule has 0 spiro atoms. The Morgan fingerprint density at radius 1 is 0.438 bits per heavy atom. The van der Waals surface area contributed by atoms with E-state index in [4.69, 9.17) is 107 Å². The number of nitrogens with zero attached hydrogens (tertiary/aromatic N) is 11. The lowest BCUT2D eigenvalue weighted by Crippen LogP contribution is -2.52. The summed E-state index contributed by atoms with van der Waals surface area (Å²) in [5.41, 5.74) is 12.1. The van der Waals surface area contributed by atoms with Crippen LogP contribution in [-0.4, -0.2) is 245 Å². The van der Waals surface area contributed by atoms with E-state index in [1.807, 2.05) is 44.5 Å². The van der Waals surface area contributed by atoms with Gasteiger partial charge in [0.25, 0.3) is 0 Å². The summed E-state index contributed by atoms with van der Waals surface area (Å²) in [6.07, 6.45) is 0.720. The fourth-order valence-electron chi connectivity index (χ4n) is 17.3. The molecule has 0 bridgehead atoms. The molecule has 3 N–H and O–H groups in total. The summed E-state index contributed by atoms with van der Waals surface area (Å²) in [5.74, 6) is 5.20. The number of hydroxylamine groups is 1. The number of nitrogens with two attached hydrogens (primary N) is 1. The summed E-state index contributed by atoms with van der Waals surface area (Å²) >= 11 is 24.3. The van der Waals surface area contributed by atoms with Crippen LogP contribution in [0.25, 0.3) is 10.4 Å². The average Bonchev–Trinajstić information content (AvgIpc) is 1.49. The highest BCUT2D eigenvalue weighted by molar-refractivity contribution is 9.11. The predicted octanol–water partition coefficient (Wildman–Crippen LogP) is 23.3. The minimum Gasteiger partial charge on any atom is -0.443 e. The van der Waals surface area contributed by atoms with Gasteiger partial charge in [0.2, 0.25) is 0 Å². The number of carbonyl (C=O) groups is 6. The molecule has 48 heteroatoms. The van der Waals surface area contributed by atoms with E-state index >= 15 is 0 Å². The Kier molecular flexibility index (Phi) is 38.0. The van der Waals surface area contributed by atoms with Crippen molar-refractivity contribution in [1.29, 1.82) is 0 Å². The van der Waals surface area contributed by atoms with E-state index in [1.165, 1.54) is 56.4 Å². The van der Waals surface area contributed by atoms with E-state index in [1.54, 1.807) is 193 Å². The highest BCUT2D eigenvalue weighted by Crippen LogP contribution is 2.54. The Morgan fingerprint density at radius 3 is 1.14 bits per heavy atom. The SMILES string of the molecule is Brc1csc([C@]23COCC[C@H]2CON3)c1.C1C[C@H]2CON=C2CO1.CC(C)(C)OC(=O)N(C(=O)OC(C)(C)C)C1=N[C@@]2(c3cc(B4OC(C)(C)C(C)(C)O4)cs3)COCC[C@H]2CS1.CC(C)(C)OC(=O)N(C(=O)OC(C)(C)C)C1=N[C@@]2(c3cc(Br)cs3)COCC[C@H]2CS1.CC(C)(C)OC(=O)N(C(=O)OC(C)(C)C)C1=N[C@@]2(c3cc(N=[N+]=[N-])cs3)COCC[C@H]2CS1.NC1=N[C@@]2(c3cc(Br)cs3)COCC[C@H]2CS1. The maximum Gasteiger partial charge on any atom is 0.495 e. The van der Waals surface area contributed by atoms with Crippen LogP contribution < -0.4 is 16.7 Å². The van der Waals surface area contributed by atoms with Crippen LogP contribution in [0.5, 0.6) is 0 Å². The van der Waals surface area contributed by atoms with Gasteiger partial charge in [-0.05, 0) is 285 Å². The molecule has 0 aliphatic carbocycles. The second kappa shape index (κ2) is 47.4. The second-order valence-electron chi connectivity index (χ2n) is 43.5. The Bertz CT molecular complexity index is 5490. The molecule has 18 heterocycles. The average molecular weight is 2360 g/mol. The van der Waals surface area contributed by atoms with E-state index in [0.717, 1.165) is 131 Å². The third-order valence-corrected chi connectivity index (χ3v) is 37.1. The molecule has 0 unspecified atom stereocenters. The van der Waals surface area contributed by atoms with Crippen molar-refractivity contribution in [1.82, 2.24) is 20.2 Å². The van der Waals surface area contributed by atoms with Crippen LogP contribution in [0.1, 0.15) is 215 Å². The molecule has 13 aliphatic heterocycles. The first kappa shape index (κ1) is 116. The van der Waals surface area contributed by atoms with Gasteiger partial charge in [-0.3, -0.25) is 0 Å². The van der Waals surface area contributed by atoms with Crippen molar-refractivity contribution in [3.05, 3.63) is 105 Å². The van der Waals surface area contributed by atoms with Gasteiger partial charge in [-0.1, -0.05) is 57.3 Å². The number of amides is 6. The number of hydrogen-bond donors (Lipinski definition) is 2. The number of carbonyl (C=O) groups excluding carboxylic acids is 6. The van der Waals surface area contributed by atoms with Crippen LogP contribution in [0.15, 0.2) is 101 Å². The maximum absolute atomic E-state index is 13.3. The number of amidine groups is 4. The molecule has 11 atom stereocenters. The number of imide groups is 3. The lowest BCUT2D eigenvalue weighted by molar-refractivity contribution is -0.0192. The molecular formula is C96H133BBr3N13O22S9.